The lowest BCUT2D eigenvalue weighted by molar-refractivity contribution is -0.384. The highest BCUT2D eigenvalue weighted by molar-refractivity contribution is 6.30. The highest BCUT2D eigenvalue weighted by Gasteiger charge is 2.32. The molecular formula is C12H6ClF3N2O3. The van der Waals surface area contributed by atoms with Gasteiger partial charge in [-0.1, -0.05) is 11.6 Å². The smallest absolute Gasteiger partial charge is 0.282 e. The van der Waals surface area contributed by atoms with Crippen molar-refractivity contribution in [3.8, 4) is 5.69 Å². The van der Waals surface area contributed by atoms with Crippen molar-refractivity contribution in [2.24, 2.45) is 0 Å². The van der Waals surface area contributed by atoms with E-state index in [-0.39, 0.29) is 11.4 Å². The van der Waals surface area contributed by atoms with E-state index < -0.39 is 27.2 Å². The normalized spacial score (nSPS) is 11.4. The maximum absolute atomic E-state index is 12.7. The molecule has 0 aliphatic carbocycles. The predicted molar refractivity (Wildman–Crippen MR) is 68.7 cm³/mol. The van der Waals surface area contributed by atoms with Crippen LogP contribution in [0, 0.1) is 10.1 Å². The van der Waals surface area contributed by atoms with Crippen LogP contribution < -0.4 is 5.56 Å². The molecule has 2 aromatic rings. The Morgan fingerprint density at radius 2 is 1.76 bits per heavy atom. The summed E-state index contributed by atoms with van der Waals surface area (Å²) in [5.41, 5.74) is -2.15. The monoisotopic (exact) mass is 318 g/mol. The van der Waals surface area contributed by atoms with E-state index in [0.717, 1.165) is 24.3 Å². The van der Waals surface area contributed by atoms with E-state index in [4.69, 9.17) is 11.6 Å². The Morgan fingerprint density at radius 3 is 2.24 bits per heavy atom. The third-order valence-electron chi connectivity index (χ3n) is 2.64. The van der Waals surface area contributed by atoms with Gasteiger partial charge >= 0.3 is 6.18 Å². The number of rotatable bonds is 2. The molecule has 0 amide bonds. The third-order valence-corrected chi connectivity index (χ3v) is 2.91. The summed E-state index contributed by atoms with van der Waals surface area (Å²) in [6, 6.07) is 5.02. The van der Waals surface area contributed by atoms with Crippen molar-refractivity contribution >= 4 is 17.3 Å². The van der Waals surface area contributed by atoms with E-state index in [9.17, 15) is 28.1 Å². The van der Waals surface area contributed by atoms with Gasteiger partial charge in [0.1, 0.15) is 5.02 Å². The first-order valence-corrected chi connectivity index (χ1v) is 5.82. The minimum atomic E-state index is -4.67. The summed E-state index contributed by atoms with van der Waals surface area (Å²) in [6.45, 7) is 0. The first-order valence-electron chi connectivity index (χ1n) is 5.44. The molecule has 0 N–H and O–H groups in total. The van der Waals surface area contributed by atoms with Crippen LogP contribution >= 0.6 is 11.6 Å². The van der Waals surface area contributed by atoms with Crippen LogP contribution in [-0.4, -0.2) is 9.49 Å². The van der Waals surface area contributed by atoms with Gasteiger partial charge in [0.05, 0.1) is 10.5 Å². The van der Waals surface area contributed by atoms with Gasteiger partial charge in [-0.2, -0.15) is 13.2 Å². The molecule has 0 aliphatic heterocycles. The van der Waals surface area contributed by atoms with Crippen LogP contribution in [0.2, 0.25) is 5.02 Å². The number of alkyl halides is 3. The summed E-state index contributed by atoms with van der Waals surface area (Å²) in [5.74, 6) is 0. The van der Waals surface area contributed by atoms with Gasteiger partial charge in [-0.25, -0.2) is 0 Å². The van der Waals surface area contributed by atoms with Gasteiger partial charge < -0.3 is 0 Å². The number of nitrogens with zero attached hydrogens (tertiary/aromatic N) is 2. The highest BCUT2D eigenvalue weighted by Crippen LogP contribution is 2.30. The SMILES string of the molecule is O=c1c(Cl)cc(C(F)(F)F)cn1-c1ccc([N+](=O)[O-])cc1. The average Bonchev–Trinajstić information content (AvgIpc) is 2.40. The van der Waals surface area contributed by atoms with Gasteiger partial charge in [0.15, 0.2) is 0 Å². The molecule has 0 saturated heterocycles. The minimum Gasteiger partial charge on any atom is -0.282 e. The zero-order valence-corrected chi connectivity index (χ0v) is 10.9. The molecule has 21 heavy (non-hydrogen) atoms. The van der Waals surface area contributed by atoms with E-state index in [1.54, 1.807) is 0 Å². The van der Waals surface area contributed by atoms with Crippen molar-refractivity contribution in [2.75, 3.05) is 0 Å². The van der Waals surface area contributed by atoms with E-state index in [2.05, 4.69) is 0 Å². The Morgan fingerprint density at radius 1 is 1.19 bits per heavy atom. The lowest BCUT2D eigenvalue weighted by Gasteiger charge is -2.11. The number of aromatic nitrogens is 1. The number of nitro groups is 1. The van der Waals surface area contributed by atoms with Crippen molar-refractivity contribution in [3.63, 3.8) is 0 Å². The zero-order valence-electron chi connectivity index (χ0n) is 10.1. The molecule has 2 rings (SSSR count). The van der Waals surface area contributed by atoms with Crippen molar-refractivity contribution in [1.29, 1.82) is 0 Å². The van der Waals surface area contributed by atoms with Crippen molar-refractivity contribution in [2.45, 2.75) is 6.18 Å². The molecule has 1 heterocycles. The summed E-state index contributed by atoms with van der Waals surface area (Å²) in [5, 5.41) is 9.93. The van der Waals surface area contributed by atoms with Gasteiger partial charge in [0.25, 0.3) is 11.2 Å². The first kappa shape index (κ1) is 15.0. The van der Waals surface area contributed by atoms with E-state index in [1.165, 1.54) is 0 Å². The number of pyridine rings is 1. The van der Waals surface area contributed by atoms with Crippen LogP contribution in [0.5, 0.6) is 0 Å². The molecule has 0 spiro atoms. The maximum atomic E-state index is 12.7. The molecule has 0 fully saturated rings. The first-order chi connectivity index (χ1) is 9.70. The van der Waals surface area contributed by atoms with Crippen LogP contribution in [0.25, 0.3) is 5.69 Å². The quantitative estimate of drug-likeness (QED) is 0.629. The second-order valence-corrected chi connectivity index (χ2v) is 4.43. The Bertz CT molecular complexity index is 754. The molecule has 1 aromatic heterocycles. The predicted octanol–water partition coefficient (Wildman–Crippen LogP) is 3.42. The number of halogens is 4. The highest BCUT2D eigenvalue weighted by atomic mass is 35.5. The average molecular weight is 319 g/mol. The fourth-order valence-electron chi connectivity index (χ4n) is 1.63. The molecule has 5 nitrogen and oxygen atoms in total. The van der Waals surface area contributed by atoms with E-state index in [1.807, 2.05) is 0 Å². The molecule has 0 unspecified atom stereocenters. The summed E-state index contributed by atoms with van der Waals surface area (Å²) in [4.78, 5) is 21.7. The van der Waals surface area contributed by atoms with Gasteiger partial charge in [0, 0.05) is 24.0 Å². The summed E-state index contributed by atoms with van der Waals surface area (Å²) >= 11 is 5.52. The molecule has 0 atom stereocenters. The number of nitro benzene ring substituents is 1. The van der Waals surface area contributed by atoms with Crippen LogP contribution in [0.15, 0.2) is 41.3 Å². The number of hydrogen-bond acceptors (Lipinski definition) is 3. The standard InChI is InChI=1S/C12H6ClF3N2O3/c13-10-5-7(12(14,15)16)6-17(11(10)19)8-1-3-9(4-2-8)18(20)21/h1-6H. The Labute approximate surface area is 120 Å². The fraction of sp³-hybridized carbons (Fsp3) is 0.0833. The summed E-state index contributed by atoms with van der Waals surface area (Å²) < 4.78 is 38.8. The van der Waals surface area contributed by atoms with Gasteiger partial charge in [-0.05, 0) is 18.2 Å². The van der Waals surface area contributed by atoms with Crippen molar-refractivity contribution in [1.82, 2.24) is 4.57 Å². The largest absolute Gasteiger partial charge is 0.417 e. The van der Waals surface area contributed by atoms with Crippen LogP contribution in [0.4, 0.5) is 18.9 Å². The van der Waals surface area contributed by atoms with Gasteiger partial charge in [-0.3, -0.25) is 19.5 Å². The number of non-ortho nitro benzene ring substituents is 1. The molecule has 0 aliphatic rings. The Hall–Kier alpha value is -2.35. The lowest BCUT2D eigenvalue weighted by Crippen LogP contribution is -2.21. The van der Waals surface area contributed by atoms with E-state index >= 15 is 0 Å². The Kier molecular flexibility index (Phi) is 3.73. The van der Waals surface area contributed by atoms with Crippen LogP contribution in [-0.2, 0) is 6.18 Å². The van der Waals surface area contributed by atoms with Crippen LogP contribution in [0.3, 0.4) is 0 Å². The molecule has 0 bridgehead atoms. The molecule has 0 radical (unpaired) electrons. The van der Waals surface area contributed by atoms with Crippen molar-refractivity contribution < 1.29 is 18.1 Å². The summed E-state index contributed by atoms with van der Waals surface area (Å²) in [6.07, 6.45) is -4.07. The molecule has 9 heteroatoms. The fourth-order valence-corrected chi connectivity index (χ4v) is 1.84. The molecule has 0 saturated carbocycles. The molecule has 110 valence electrons. The van der Waals surface area contributed by atoms with Crippen molar-refractivity contribution in [3.05, 3.63) is 67.6 Å². The third kappa shape index (κ3) is 3.05. The lowest BCUT2D eigenvalue weighted by atomic mass is 10.2. The topological polar surface area (TPSA) is 65.1 Å². The second-order valence-electron chi connectivity index (χ2n) is 4.02. The molecular weight excluding hydrogens is 313 g/mol. The van der Waals surface area contributed by atoms with Gasteiger partial charge in [-0.15, -0.1) is 0 Å². The summed E-state index contributed by atoms with van der Waals surface area (Å²) in [7, 11) is 0. The van der Waals surface area contributed by atoms with Crippen LogP contribution in [0.1, 0.15) is 5.56 Å². The number of benzene rings is 1. The molecule has 1 aromatic carbocycles. The minimum absolute atomic E-state index is 0.0404. The zero-order chi connectivity index (χ0) is 15.8. The second kappa shape index (κ2) is 5.21. The Balaban J connectivity index is 2.60. The van der Waals surface area contributed by atoms with Gasteiger partial charge in [0.2, 0.25) is 0 Å². The maximum Gasteiger partial charge on any atom is 0.417 e. The van der Waals surface area contributed by atoms with E-state index in [0.29, 0.717) is 16.8 Å². The number of hydrogen-bond donors (Lipinski definition) is 0.